The van der Waals surface area contributed by atoms with Crippen molar-refractivity contribution in [1.29, 1.82) is 0 Å². The maximum Gasteiger partial charge on any atom is 0.322 e. The van der Waals surface area contributed by atoms with E-state index in [1.807, 2.05) is 0 Å². The Balaban J connectivity index is 1.93. The second-order valence-electron chi connectivity index (χ2n) is 3.95. The third-order valence-electron chi connectivity index (χ3n) is 2.55. The van der Waals surface area contributed by atoms with E-state index in [4.69, 9.17) is 21.5 Å². The van der Waals surface area contributed by atoms with Crippen molar-refractivity contribution in [3.8, 4) is 0 Å². The second-order valence-corrected chi connectivity index (χ2v) is 4.39. The van der Waals surface area contributed by atoms with Gasteiger partial charge in [0.25, 0.3) is 5.91 Å². The zero-order valence-electron chi connectivity index (χ0n) is 9.80. The molecule has 0 saturated heterocycles. The number of carboxylic acids is 1. The fraction of sp³-hybridized carbons (Fsp3) is 0.250. The van der Waals surface area contributed by atoms with Crippen LogP contribution in [-0.2, 0) is 14.4 Å². The maximum atomic E-state index is 11.6. The standard InChI is InChI=1S/C12H11ClN2O4/c13-8-3-1-7(2-4-8)9-5-10(19-15-9)12(18)14-6-11(16)17/h1-4,10H,5-6H2,(H,14,18)(H,16,17)/t10-/m0/s1. The Hall–Kier alpha value is -2.08. The van der Waals surface area contributed by atoms with Crippen LogP contribution in [0.1, 0.15) is 12.0 Å². The van der Waals surface area contributed by atoms with E-state index >= 15 is 0 Å². The number of amides is 1. The lowest BCUT2D eigenvalue weighted by Crippen LogP contribution is -2.37. The second kappa shape index (κ2) is 5.71. The molecular weight excluding hydrogens is 272 g/mol. The zero-order valence-corrected chi connectivity index (χ0v) is 10.6. The first-order valence-corrected chi connectivity index (χ1v) is 5.92. The summed E-state index contributed by atoms with van der Waals surface area (Å²) in [6.07, 6.45) is -0.488. The van der Waals surface area contributed by atoms with Crippen molar-refractivity contribution in [2.45, 2.75) is 12.5 Å². The molecule has 1 aromatic carbocycles. The molecule has 0 fully saturated rings. The van der Waals surface area contributed by atoms with Crippen LogP contribution in [0.25, 0.3) is 0 Å². The Morgan fingerprint density at radius 1 is 1.42 bits per heavy atom. The van der Waals surface area contributed by atoms with Crippen LogP contribution in [0.2, 0.25) is 5.02 Å². The van der Waals surface area contributed by atoms with Gasteiger partial charge in [-0.15, -0.1) is 0 Å². The van der Waals surface area contributed by atoms with Crippen LogP contribution in [0.3, 0.4) is 0 Å². The SMILES string of the molecule is O=C(O)CNC(=O)[C@@H]1CC(c2ccc(Cl)cc2)=NO1. The average Bonchev–Trinajstić information content (AvgIpc) is 2.86. The molecule has 1 aromatic rings. The highest BCUT2D eigenvalue weighted by Gasteiger charge is 2.28. The molecule has 0 bridgehead atoms. The molecule has 0 aromatic heterocycles. The fourth-order valence-electron chi connectivity index (χ4n) is 1.61. The molecule has 0 saturated carbocycles. The molecule has 0 aliphatic carbocycles. The van der Waals surface area contributed by atoms with Crippen LogP contribution in [0.5, 0.6) is 0 Å². The van der Waals surface area contributed by atoms with Gasteiger partial charge < -0.3 is 15.3 Å². The van der Waals surface area contributed by atoms with E-state index in [0.717, 1.165) is 5.56 Å². The summed E-state index contributed by atoms with van der Waals surface area (Å²) in [7, 11) is 0. The fourth-order valence-corrected chi connectivity index (χ4v) is 1.73. The molecule has 2 N–H and O–H groups in total. The minimum atomic E-state index is -1.11. The molecule has 1 heterocycles. The number of oxime groups is 1. The summed E-state index contributed by atoms with van der Waals surface area (Å²) in [5.41, 5.74) is 1.45. The van der Waals surface area contributed by atoms with Gasteiger partial charge in [0, 0.05) is 11.4 Å². The molecule has 1 amide bonds. The van der Waals surface area contributed by atoms with Gasteiger partial charge in [-0.3, -0.25) is 9.59 Å². The van der Waals surface area contributed by atoms with Gasteiger partial charge in [0.1, 0.15) is 6.54 Å². The summed E-state index contributed by atoms with van der Waals surface area (Å²) in [6.45, 7) is -0.436. The molecule has 2 rings (SSSR count). The summed E-state index contributed by atoms with van der Waals surface area (Å²) in [5.74, 6) is -1.60. The molecular formula is C12H11ClN2O4. The average molecular weight is 283 g/mol. The van der Waals surface area contributed by atoms with Crippen LogP contribution in [0.15, 0.2) is 29.4 Å². The molecule has 1 aliphatic rings. The lowest BCUT2D eigenvalue weighted by atomic mass is 10.0. The molecule has 0 unspecified atom stereocenters. The first-order valence-electron chi connectivity index (χ1n) is 5.54. The van der Waals surface area contributed by atoms with E-state index in [9.17, 15) is 9.59 Å². The number of carbonyl (C=O) groups excluding carboxylic acids is 1. The highest BCUT2D eigenvalue weighted by atomic mass is 35.5. The smallest absolute Gasteiger partial charge is 0.322 e. The first-order chi connectivity index (χ1) is 9.06. The van der Waals surface area contributed by atoms with Crippen LogP contribution in [0, 0.1) is 0 Å². The largest absolute Gasteiger partial charge is 0.480 e. The summed E-state index contributed by atoms with van der Waals surface area (Å²) in [6, 6.07) is 7.00. The number of halogens is 1. The van der Waals surface area contributed by atoms with E-state index in [0.29, 0.717) is 17.2 Å². The van der Waals surface area contributed by atoms with Crippen molar-refractivity contribution >= 4 is 29.2 Å². The van der Waals surface area contributed by atoms with E-state index in [1.165, 1.54) is 0 Å². The van der Waals surface area contributed by atoms with Gasteiger partial charge in [-0.05, 0) is 17.7 Å². The summed E-state index contributed by atoms with van der Waals surface area (Å²) in [4.78, 5) is 26.9. The number of carbonyl (C=O) groups is 2. The topological polar surface area (TPSA) is 88.0 Å². The molecule has 7 heteroatoms. The monoisotopic (exact) mass is 282 g/mol. The van der Waals surface area contributed by atoms with Crippen LogP contribution >= 0.6 is 11.6 Å². The predicted molar refractivity (Wildman–Crippen MR) is 68.1 cm³/mol. The quantitative estimate of drug-likeness (QED) is 0.863. The molecule has 1 atom stereocenters. The van der Waals surface area contributed by atoms with Gasteiger partial charge in [-0.2, -0.15) is 0 Å². The number of rotatable bonds is 4. The zero-order chi connectivity index (χ0) is 13.8. The number of nitrogens with zero attached hydrogens (tertiary/aromatic N) is 1. The van der Waals surface area contributed by atoms with Gasteiger partial charge in [0.2, 0.25) is 6.10 Å². The molecule has 0 radical (unpaired) electrons. The van der Waals surface area contributed by atoms with Crippen LogP contribution < -0.4 is 5.32 Å². The van der Waals surface area contributed by atoms with E-state index < -0.39 is 24.5 Å². The Labute approximate surface area is 114 Å². The third-order valence-corrected chi connectivity index (χ3v) is 2.80. The minimum absolute atomic E-state index is 0.299. The Kier molecular flexibility index (Phi) is 4.01. The normalized spacial score (nSPS) is 17.5. The predicted octanol–water partition coefficient (Wildman–Crippen LogP) is 1.03. The number of aliphatic carboxylic acids is 1. The first kappa shape index (κ1) is 13.4. The van der Waals surface area contributed by atoms with Crippen molar-refractivity contribution in [3.05, 3.63) is 34.9 Å². The van der Waals surface area contributed by atoms with E-state index in [1.54, 1.807) is 24.3 Å². The van der Waals surface area contributed by atoms with Gasteiger partial charge in [-0.25, -0.2) is 0 Å². The number of benzene rings is 1. The Morgan fingerprint density at radius 3 is 2.74 bits per heavy atom. The highest BCUT2D eigenvalue weighted by Crippen LogP contribution is 2.18. The van der Waals surface area contributed by atoms with E-state index in [2.05, 4.69) is 10.5 Å². The van der Waals surface area contributed by atoms with Gasteiger partial charge in [-0.1, -0.05) is 28.9 Å². The van der Waals surface area contributed by atoms with E-state index in [-0.39, 0.29) is 0 Å². The number of hydrogen-bond donors (Lipinski definition) is 2. The minimum Gasteiger partial charge on any atom is -0.480 e. The van der Waals surface area contributed by atoms with Crippen LogP contribution in [-0.4, -0.2) is 35.3 Å². The lowest BCUT2D eigenvalue weighted by Gasteiger charge is -2.07. The third kappa shape index (κ3) is 3.45. The van der Waals surface area contributed by atoms with Crippen molar-refractivity contribution in [2.24, 2.45) is 5.16 Å². The number of carboxylic acid groups (broad SMARTS) is 1. The molecule has 19 heavy (non-hydrogen) atoms. The number of nitrogens with one attached hydrogen (secondary N) is 1. The van der Waals surface area contributed by atoms with Crippen molar-refractivity contribution in [2.75, 3.05) is 6.54 Å². The van der Waals surface area contributed by atoms with Crippen molar-refractivity contribution in [1.82, 2.24) is 5.32 Å². The molecule has 1 aliphatic heterocycles. The summed E-state index contributed by atoms with van der Waals surface area (Å²) >= 11 is 5.78. The Morgan fingerprint density at radius 2 is 2.11 bits per heavy atom. The lowest BCUT2D eigenvalue weighted by molar-refractivity contribution is -0.140. The molecule has 0 spiro atoms. The maximum absolute atomic E-state index is 11.6. The van der Waals surface area contributed by atoms with Crippen LogP contribution in [0.4, 0.5) is 0 Å². The molecule has 100 valence electrons. The summed E-state index contributed by atoms with van der Waals surface area (Å²) in [5, 5.41) is 15.2. The van der Waals surface area contributed by atoms with Gasteiger partial charge in [0.15, 0.2) is 0 Å². The highest BCUT2D eigenvalue weighted by molar-refractivity contribution is 6.30. The van der Waals surface area contributed by atoms with Gasteiger partial charge >= 0.3 is 5.97 Å². The summed E-state index contributed by atoms with van der Waals surface area (Å²) < 4.78 is 0. The van der Waals surface area contributed by atoms with Crippen molar-refractivity contribution < 1.29 is 19.5 Å². The Bertz CT molecular complexity index is 527. The van der Waals surface area contributed by atoms with Crippen molar-refractivity contribution in [3.63, 3.8) is 0 Å². The molecule has 6 nitrogen and oxygen atoms in total. The number of hydrogen-bond acceptors (Lipinski definition) is 4. The van der Waals surface area contributed by atoms with Gasteiger partial charge in [0.05, 0.1) is 5.71 Å².